The number of thioether (sulfide) groups is 1. The number of rotatable bonds is 6. The number of nitrogens with one attached hydrogen (secondary N) is 1. The molecule has 0 aliphatic carbocycles. The highest BCUT2D eigenvalue weighted by molar-refractivity contribution is 7.98. The van der Waals surface area contributed by atoms with Crippen LogP contribution < -0.4 is 5.56 Å². The minimum atomic E-state index is -0.167. The molecular formula is C22H20N2OS. The fraction of sp³-hybridized carbons (Fsp3) is 0.182. The van der Waals surface area contributed by atoms with Crippen LogP contribution in [-0.4, -0.2) is 4.98 Å². The molecule has 0 amide bonds. The standard InChI is InChI=1S/C22H20N2OS/c1-2-16-9-6-10-18(11-16)15-26-22-20(14-23)19(13-21(25)24-22)12-17-7-4-3-5-8-17/h3-11,13H,2,12,15H2,1H3,(H,24,25). The number of H-pyrrole nitrogens is 1. The molecule has 3 rings (SSSR count). The Labute approximate surface area is 157 Å². The lowest BCUT2D eigenvalue weighted by Gasteiger charge is -2.10. The summed E-state index contributed by atoms with van der Waals surface area (Å²) >= 11 is 1.50. The van der Waals surface area contributed by atoms with Crippen LogP contribution in [0.1, 0.15) is 34.7 Å². The Bertz CT molecular complexity index is 987. The molecule has 1 heterocycles. The van der Waals surface area contributed by atoms with Crippen LogP contribution >= 0.6 is 11.8 Å². The van der Waals surface area contributed by atoms with Gasteiger partial charge in [-0.15, -0.1) is 11.8 Å². The lowest BCUT2D eigenvalue weighted by atomic mass is 10.0. The highest BCUT2D eigenvalue weighted by Crippen LogP contribution is 2.26. The summed E-state index contributed by atoms with van der Waals surface area (Å²) < 4.78 is 0. The molecule has 0 saturated heterocycles. The van der Waals surface area contributed by atoms with E-state index in [2.05, 4.69) is 42.2 Å². The first-order valence-electron chi connectivity index (χ1n) is 8.60. The number of aryl methyl sites for hydroxylation is 1. The third kappa shape index (κ3) is 4.44. The number of hydrogen-bond donors (Lipinski definition) is 1. The molecule has 4 heteroatoms. The molecule has 2 aromatic carbocycles. The van der Waals surface area contributed by atoms with Crippen LogP contribution in [0.2, 0.25) is 0 Å². The monoisotopic (exact) mass is 360 g/mol. The second kappa shape index (κ2) is 8.55. The minimum absolute atomic E-state index is 0.167. The van der Waals surface area contributed by atoms with Crippen molar-refractivity contribution in [3.05, 3.63) is 98.8 Å². The van der Waals surface area contributed by atoms with E-state index in [-0.39, 0.29) is 5.56 Å². The van der Waals surface area contributed by atoms with E-state index in [0.29, 0.717) is 22.8 Å². The first kappa shape index (κ1) is 18.0. The van der Waals surface area contributed by atoms with Crippen LogP contribution in [0.25, 0.3) is 0 Å². The Kier molecular flexibility index (Phi) is 5.93. The molecule has 0 fully saturated rings. The van der Waals surface area contributed by atoms with E-state index in [1.54, 1.807) is 0 Å². The summed E-state index contributed by atoms with van der Waals surface area (Å²) in [5.41, 5.74) is 4.72. The third-order valence-electron chi connectivity index (χ3n) is 4.22. The molecule has 0 aliphatic rings. The van der Waals surface area contributed by atoms with Crippen LogP contribution in [0, 0.1) is 11.3 Å². The van der Waals surface area contributed by atoms with E-state index in [4.69, 9.17) is 0 Å². The molecule has 26 heavy (non-hydrogen) atoms. The zero-order chi connectivity index (χ0) is 18.4. The fourth-order valence-electron chi connectivity index (χ4n) is 2.87. The highest BCUT2D eigenvalue weighted by Gasteiger charge is 2.12. The summed E-state index contributed by atoms with van der Waals surface area (Å²) in [6.45, 7) is 2.13. The van der Waals surface area contributed by atoms with E-state index in [1.165, 1.54) is 29.0 Å². The number of aromatic amines is 1. The minimum Gasteiger partial charge on any atom is -0.316 e. The molecule has 130 valence electrons. The number of pyridine rings is 1. The number of benzene rings is 2. The topological polar surface area (TPSA) is 56.6 Å². The average molecular weight is 360 g/mol. The van der Waals surface area contributed by atoms with Gasteiger partial charge >= 0.3 is 0 Å². The van der Waals surface area contributed by atoms with E-state index in [9.17, 15) is 10.1 Å². The van der Waals surface area contributed by atoms with Gasteiger partial charge in [-0.25, -0.2) is 0 Å². The number of aromatic nitrogens is 1. The van der Waals surface area contributed by atoms with Crippen molar-refractivity contribution in [1.82, 2.24) is 4.98 Å². The Balaban J connectivity index is 1.87. The Morgan fingerprint density at radius 3 is 2.46 bits per heavy atom. The van der Waals surface area contributed by atoms with Crippen molar-refractivity contribution in [3.63, 3.8) is 0 Å². The predicted octanol–water partition coefficient (Wildman–Crippen LogP) is 4.69. The molecular weight excluding hydrogens is 340 g/mol. The molecule has 0 aliphatic heterocycles. The van der Waals surface area contributed by atoms with E-state index >= 15 is 0 Å². The smallest absolute Gasteiger partial charge is 0.249 e. The first-order chi connectivity index (χ1) is 12.7. The maximum atomic E-state index is 12.1. The van der Waals surface area contributed by atoms with Gasteiger partial charge in [0.25, 0.3) is 0 Å². The molecule has 3 aromatic rings. The number of nitriles is 1. The largest absolute Gasteiger partial charge is 0.316 e. The van der Waals surface area contributed by atoms with Crippen LogP contribution in [0.15, 0.2) is 70.5 Å². The van der Waals surface area contributed by atoms with E-state index in [1.807, 2.05) is 30.3 Å². The maximum absolute atomic E-state index is 12.1. The second-order valence-electron chi connectivity index (χ2n) is 6.10. The van der Waals surface area contributed by atoms with Crippen molar-refractivity contribution < 1.29 is 0 Å². The maximum Gasteiger partial charge on any atom is 0.249 e. The SMILES string of the molecule is CCc1cccc(CSc2[nH]c(=O)cc(Cc3ccccc3)c2C#N)c1. The summed E-state index contributed by atoms with van der Waals surface area (Å²) in [5, 5.41) is 10.3. The molecule has 0 radical (unpaired) electrons. The molecule has 0 unspecified atom stereocenters. The molecule has 0 atom stereocenters. The predicted molar refractivity (Wildman–Crippen MR) is 106 cm³/mol. The third-order valence-corrected chi connectivity index (χ3v) is 5.29. The molecule has 0 spiro atoms. The zero-order valence-electron chi connectivity index (χ0n) is 14.7. The summed E-state index contributed by atoms with van der Waals surface area (Å²) in [7, 11) is 0. The summed E-state index contributed by atoms with van der Waals surface area (Å²) in [4.78, 5) is 14.9. The van der Waals surface area contributed by atoms with Gasteiger partial charge in [0.1, 0.15) is 6.07 Å². The fourth-order valence-corrected chi connectivity index (χ4v) is 3.85. The zero-order valence-corrected chi connectivity index (χ0v) is 15.5. The van der Waals surface area contributed by atoms with Crippen molar-refractivity contribution in [1.29, 1.82) is 5.26 Å². The van der Waals surface area contributed by atoms with Crippen molar-refractivity contribution in [2.45, 2.75) is 30.5 Å². The Hall–Kier alpha value is -2.77. The Morgan fingerprint density at radius 1 is 1.00 bits per heavy atom. The molecule has 3 nitrogen and oxygen atoms in total. The van der Waals surface area contributed by atoms with Crippen LogP contribution in [-0.2, 0) is 18.6 Å². The van der Waals surface area contributed by atoms with Gasteiger partial charge in [-0.3, -0.25) is 4.79 Å². The van der Waals surface area contributed by atoms with Gasteiger partial charge < -0.3 is 4.98 Å². The van der Waals surface area contributed by atoms with Gasteiger partial charge in [-0.2, -0.15) is 5.26 Å². The number of nitrogens with zero attached hydrogens (tertiary/aromatic N) is 1. The Morgan fingerprint density at radius 2 is 1.73 bits per heavy atom. The quantitative estimate of drug-likeness (QED) is 0.649. The van der Waals surface area contributed by atoms with E-state index in [0.717, 1.165) is 17.5 Å². The van der Waals surface area contributed by atoms with Gasteiger partial charge in [0.2, 0.25) is 5.56 Å². The van der Waals surface area contributed by atoms with Gasteiger partial charge in [0.05, 0.1) is 10.6 Å². The van der Waals surface area contributed by atoms with Gasteiger partial charge in [-0.05, 0) is 35.1 Å². The lowest BCUT2D eigenvalue weighted by Crippen LogP contribution is -2.10. The summed E-state index contributed by atoms with van der Waals surface area (Å²) in [5.74, 6) is 0.716. The molecule has 0 saturated carbocycles. The van der Waals surface area contributed by atoms with Crippen molar-refractivity contribution in [3.8, 4) is 6.07 Å². The summed E-state index contributed by atoms with van der Waals surface area (Å²) in [6.07, 6.45) is 1.57. The second-order valence-corrected chi connectivity index (χ2v) is 7.08. The molecule has 1 N–H and O–H groups in total. The first-order valence-corrected chi connectivity index (χ1v) is 9.59. The van der Waals surface area contributed by atoms with Crippen molar-refractivity contribution in [2.24, 2.45) is 0 Å². The van der Waals surface area contributed by atoms with Crippen LogP contribution in [0.5, 0.6) is 0 Å². The normalized spacial score (nSPS) is 10.5. The van der Waals surface area contributed by atoms with Crippen LogP contribution in [0.4, 0.5) is 0 Å². The molecule has 1 aromatic heterocycles. The number of hydrogen-bond acceptors (Lipinski definition) is 3. The van der Waals surface area contributed by atoms with Crippen molar-refractivity contribution >= 4 is 11.8 Å². The van der Waals surface area contributed by atoms with Gasteiger partial charge in [-0.1, -0.05) is 61.5 Å². The highest BCUT2D eigenvalue weighted by atomic mass is 32.2. The lowest BCUT2D eigenvalue weighted by molar-refractivity contribution is 1.01. The molecule has 0 bridgehead atoms. The van der Waals surface area contributed by atoms with Gasteiger partial charge in [0.15, 0.2) is 0 Å². The summed E-state index contributed by atoms with van der Waals surface area (Å²) in [6, 6.07) is 22.1. The average Bonchev–Trinajstić information content (AvgIpc) is 2.67. The van der Waals surface area contributed by atoms with Crippen LogP contribution in [0.3, 0.4) is 0 Å². The van der Waals surface area contributed by atoms with E-state index < -0.39 is 0 Å². The van der Waals surface area contributed by atoms with Gasteiger partial charge in [0, 0.05) is 11.8 Å². The van der Waals surface area contributed by atoms with Crippen molar-refractivity contribution in [2.75, 3.05) is 0 Å².